The molecule has 1 aliphatic rings. The summed E-state index contributed by atoms with van der Waals surface area (Å²) in [7, 11) is 1.57. The second-order valence-corrected chi connectivity index (χ2v) is 6.63. The molecule has 0 radical (unpaired) electrons. The fourth-order valence-corrected chi connectivity index (χ4v) is 3.40. The first kappa shape index (κ1) is 19.1. The molecule has 1 aliphatic heterocycles. The van der Waals surface area contributed by atoms with Crippen molar-refractivity contribution < 1.29 is 14.3 Å². The number of fused-ring (bicyclic) bond motifs is 1. The average molecular weight is 387 g/mol. The van der Waals surface area contributed by atoms with Gasteiger partial charge in [0.2, 0.25) is 0 Å². The molecule has 2 aromatic carbocycles. The number of ether oxygens (including phenoxy) is 2. The standard InChI is InChI=1S/C21H23ClN2O3/c1-4-10-24-20(23-17-9-7-6-8-15(17)21(24)25)14-12-16(22)19(27-11-5-2)18(13-14)26-3/h4,6-9,12-13,20,23H,1,5,10-11H2,2-3H3. The highest BCUT2D eigenvalue weighted by Crippen LogP contribution is 2.41. The fourth-order valence-electron chi connectivity index (χ4n) is 3.13. The van der Waals surface area contributed by atoms with E-state index in [1.54, 1.807) is 18.1 Å². The SMILES string of the molecule is C=CCN1C(=O)c2ccccc2NC1c1cc(Cl)c(OCCC)c(OC)c1. The van der Waals surface area contributed by atoms with Gasteiger partial charge in [-0.1, -0.05) is 36.7 Å². The summed E-state index contributed by atoms with van der Waals surface area (Å²) in [4.78, 5) is 14.7. The van der Waals surface area contributed by atoms with Crippen molar-refractivity contribution in [3.63, 3.8) is 0 Å². The number of hydrogen-bond acceptors (Lipinski definition) is 4. The van der Waals surface area contributed by atoms with Crippen LogP contribution in [0.25, 0.3) is 0 Å². The van der Waals surface area contributed by atoms with Crippen molar-refractivity contribution in [1.82, 2.24) is 4.90 Å². The molecule has 0 spiro atoms. The Hall–Kier alpha value is -2.66. The van der Waals surface area contributed by atoms with E-state index in [2.05, 4.69) is 11.9 Å². The third-order valence-electron chi connectivity index (χ3n) is 4.37. The Morgan fingerprint density at radius 2 is 2.11 bits per heavy atom. The number of carbonyl (C=O) groups excluding carboxylic acids is 1. The number of amides is 1. The molecule has 1 N–H and O–H groups in total. The zero-order valence-corrected chi connectivity index (χ0v) is 16.3. The van der Waals surface area contributed by atoms with Crippen molar-refractivity contribution in [3.8, 4) is 11.5 Å². The van der Waals surface area contributed by atoms with Crippen LogP contribution >= 0.6 is 11.6 Å². The quantitative estimate of drug-likeness (QED) is 0.688. The Labute approximate surface area is 164 Å². The van der Waals surface area contributed by atoms with Crippen LogP contribution in [0.2, 0.25) is 5.02 Å². The van der Waals surface area contributed by atoms with Crippen LogP contribution in [-0.4, -0.2) is 31.1 Å². The van der Waals surface area contributed by atoms with Crippen LogP contribution in [0.1, 0.15) is 35.4 Å². The van der Waals surface area contributed by atoms with Gasteiger partial charge in [-0.15, -0.1) is 6.58 Å². The van der Waals surface area contributed by atoms with Crippen LogP contribution in [0, 0.1) is 0 Å². The maximum Gasteiger partial charge on any atom is 0.258 e. The molecular formula is C21H23ClN2O3. The monoisotopic (exact) mass is 386 g/mol. The lowest BCUT2D eigenvalue weighted by Crippen LogP contribution is -2.43. The Balaban J connectivity index is 2.04. The summed E-state index contributed by atoms with van der Waals surface area (Å²) in [6.07, 6.45) is 2.18. The summed E-state index contributed by atoms with van der Waals surface area (Å²) >= 11 is 6.47. The number of hydrogen-bond donors (Lipinski definition) is 1. The molecule has 1 atom stereocenters. The summed E-state index contributed by atoms with van der Waals surface area (Å²) in [5.41, 5.74) is 2.23. The van der Waals surface area contributed by atoms with E-state index in [0.717, 1.165) is 17.7 Å². The minimum absolute atomic E-state index is 0.0596. The summed E-state index contributed by atoms with van der Waals surface area (Å²) in [6.45, 7) is 6.75. The van der Waals surface area contributed by atoms with Gasteiger partial charge in [-0.2, -0.15) is 0 Å². The first-order valence-corrected chi connectivity index (χ1v) is 9.26. The van der Waals surface area contributed by atoms with E-state index in [9.17, 15) is 4.79 Å². The maximum absolute atomic E-state index is 13.0. The van der Waals surface area contributed by atoms with Gasteiger partial charge in [-0.25, -0.2) is 0 Å². The lowest BCUT2D eigenvalue weighted by molar-refractivity contribution is 0.0707. The molecule has 6 heteroatoms. The summed E-state index contributed by atoms with van der Waals surface area (Å²) in [6, 6.07) is 11.1. The Morgan fingerprint density at radius 3 is 2.81 bits per heavy atom. The predicted octanol–water partition coefficient (Wildman–Crippen LogP) is 4.89. The Morgan fingerprint density at radius 1 is 1.33 bits per heavy atom. The van der Waals surface area contributed by atoms with E-state index >= 15 is 0 Å². The van der Waals surface area contributed by atoms with E-state index in [4.69, 9.17) is 21.1 Å². The third-order valence-corrected chi connectivity index (χ3v) is 4.65. The molecule has 2 aromatic rings. The number of rotatable bonds is 7. The first-order chi connectivity index (χ1) is 13.1. The Kier molecular flexibility index (Phi) is 5.91. The van der Waals surface area contributed by atoms with Crippen LogP contribution in [0.3, 0.4) is 0 Å². The van der Waals surface area contributed by atoms with Crippen molar-refractivity contribution in [2.45, 2.75) is 19.5 Å². The molecule has 0 saturated carbocycles. The molecule has 0 bridgehead atoms. The highest BCUT2D eigenvalue weighted by molar-refractivity contribution is 6.32. The van der Waals surface area contributed by atoms with Crippen LogP contribution in [0.15, 0.2) is 49.1 Å². The second kappa shape index (κ2) is 8.35. The number of methoxy groups -OCH3 is 1. The zero-order valence-electron chi connectivity index (χ0n) is 15.5. The van der Waals surface area contributed by atoms with Gasteiger partial charge < -0.3 is 19.7 Å². The number of halogens is 1. The van der Waals surface area contributed by atoms with Gasteiger partial charge in [0.15, 0.2) is 11.5 Å². The van der Waals surface area contributed by atoms with E-state index in [1.165, 1.54) is 0 Å². The number of nitrogens with zero attached hydrogens (tertiary/aromatic N) is 1. The third kappa shape index (κ3) is 3.74. The normalized spacial score (nSPS) is 15.7. The average Bonchev–Trinajstić information content (AvgIpc) is 2.68. The molecule has 3 rings (SSSR count). The molecule has 1 heterocycles. The number of benzene rings is 2. The molecular weight excluding hydrogens is 364 g/mol. The van der Waals surface area contributed by atoms with E-state index in [1.807, 2.05) is 43.3 Å². The maximum atomic E-state index is 13.0. The smallest absolute Gasteiger partial charge is 0.258 e. The Bertz CT molecular complexity index is 853. The molecule has 1 unspecified atom stereocenters. The minimum Gasteiger partial charge on any atom is -0.493 e. The van der Waals surface area contributed by atoms with E-state index < -0.39 is 6.17 Å². The van der Waals surface area contributed by atoms with Crippen LogP contribution in [0.4, 0.5) is 5.69 Å². The fraction of sp³-hybridized carbons (Fsp3) is 0.286. The number of nitrogens with one attached hydrogen (secondary N) is 1. The van der Waals surface area contributed by atoms with Gasteiger partial charge in [-0.05, 0) is 30.7 Å². The minimum atomic E-state index is -0.392. The molecule has 0 fully saturated rings. The van der Waals surface area contributed by atoms with E-state index in [-0.39, 0.29) is 5.91 Å². The van der Waals surface area contributed by atoms with Crippen molar-refractivity contribution in [3.05, 3.63) is 65.2 Å². The molecule has 5 nitrogen and oxygen atoms in total. The zero-order chi connectivity index (χ0) is 19.4. The molecule has 0 saturated heterocycles. The first-order valence-electron chi connectivity index (χ1n) is 8.88. The van der Waals surface area contributed by atoms with Gasteiger partial charge in [0, 0.05) is 17.8 Å². The molecule has 27 heavy (non-hydrogen) atoms. The molecule has 0 aromatic heterocycles. The van der Waals surface area contributed by atoms with Crippen molar-refractivity contribution in [2.24, 2.45) is 0 Å². The highest BCUT2D eigenvalue weighted by Gasteiger charge is 2.33. The van der Waals surface area contributed by atoms with Gasteiger partial charge in [0.05, 0.1) is 24.3 Å². The van der Waals surface area contributed by atoms with Crippen molar-refractivity contribution >= 4 is 23.2 Å². The largest absolute Gasteiger partial charge is 0.493 e. The summed E-state index contributed by atoms with van der Waals surface area (Å²) < 4.78 is 11.2. The van der Waals surface area contributed by atoms with Gasteiger partial charge in [-0.3, -0.25) is 4.79 Å². The lowest BCUT2D eigenvalue weighted by Gasteiger charge is -2.37. The topological polar surface area (TPSA) is 50.8 Å². The predicted molar refractivity (Wildman–Crippen MR) is 108 cm³/mol. The summed E-state index contributed by atoms with van der Waals surface area (Å²) in [5.74, 6) is 0.996. The second-order valence-electron chi connectivity index (χ2n) is 6.22. The van der Waals surface area contributed by atoms with Crippen molar-refractivity contribution in [2.75, 3.05) is 25.6 Å². The lowest BCUT2D eigenvalue weighted by atomic mass is 10.0. The molecule has 0 aliphatic carbocycles. The number of para-hydroxylation sites is 1. The van der Waals surface area contributed by atoms with Gasteiger partial charge in [0.25, 0.3) is 5.91 Å². The van der Waals surface area contributed by atoms with Crippen LogP contribution in [0.5, 0.6) is 11.5 Å². The summed E-state index contributed by atoms with van der Waals surface area (Å²) in [5, 5.41) is 3.87. The van der Waals surface area contributed by atoms with Crippen molar-refractivity contribution in [1.29, 1.82) is 0 Å². The number of carbonyl (C=O) groups is 1. The van der Waals surface area contributed by atoms with Gasteiger partial charge in [0.1, 0.15) is 6.17 Å². The molecule has 142 valence electrons. The highest BCUT2D eigenvalue weighted by atomic mass is 35.5. The van der Waals surface area contributed by atoms with Gasteiger partial charge >= 0.3 is 0 Å². The van der Waals surface area contributed by atoms with Crippen LogP contribution < -0.4 is 14.8 Å². The van der Waals surface area contributed by atoms with E-state index in [0.29, 0.717) is 35.2 Å². The number of anilines is 1. The molecule has 1 amide bonds. The van der Waals surface area contributed by atoms with Crippen LogP contribution in [-0.2, 0) is 0 Å².